The summed E-state index contributed by atoms with van der Waals surface area (Å²) in [6, 6.07) is 12.9. The van der Waals surface area contributed by atoms with Crippen molar-refractivity contribution < 1.29 is 32.6 Å². The molecule has 1 fully saturated rings. The van der Waals surface area contributed by atoms with Gasteiger partial charge < -0.3 is 19.1 Å². The van der Waals surface area contributed by atoms with Crippen molar-refractivity contribution in [1.29, 1.82) is 0 Å². The topological polar surface area (TPSA) is 65.1 Å². The third-order valence-corrected chi connectivity index (χ3v) is 4.35. The highest BCUT2D eigenvalue weighted by atomic mass is 19.3. The van der Waals surface area contributed by atoms with Gasteiger partial charge in [-0.1, -0.05) is 18.2 Å². The van der Waals surface area contributed by atoms with E-state index in [0.29, 0.717) is 17.0 Å². The molecule has 1 unspecified atom stereocenters. The Balaban J connectivity index is 1.55. The van der Waals surface area contributed by atoms with Gasteiger partial charge in [0.1, 0.15) is 18.1 Å². The van der Waals surface area contributed by atoms with E-state index in [4.69, 9.17) is 9.47 Å². The predicted octanol–water partition coefficient (Wildman–Crippen LogP) is 3.39. The first-order valence-electron chi connectivity index (χ1n) is 8.61. The Hall–Kier alpha value is -3.16. The molecule has 1 heterocycles. The molecule has 28 heavy (non-hydrogen) atoms. The van der Waals surface area contributed by atoms with Gasteiger partial charge in [0.05, 0.1) is 13.0 Å². The third-order valence-electron chi connectivity index (χ3n) is 4.35. The van der Waals surface area contributed by atoms with Gasteiger partial charge in [-0.05, 0) is 29.8 Å². The van der Waals surface area contributed by atoms with Gasteiger partial charge >= 0.3 is 12.6 Å². The van der Waals surface area contributed by atoms with Crippen LogP contribution in [-0.4, -0.2) is 32.1 Å². The average molecular weight is 391 g/mol. The Morgan fingerprint density at radius 2 is 1.93 bits per heavy atom. The smallest absolute Gasteiger partial charge is 0.387 e. The van der Waals surface area contributed by atoms with Crippen molar-refractivity contribution in [3.05, 3.63) is 54.1 Å². The van der Waals surface area contributed by atoms with Crippen LogP contribution in [0.4, 0.5) is 14.5 Å². The van der Waals surface area contributed by atoms with E-state index < -0.39 is 18.5 Å². The van der Waals surface area contributed by atoms with Crippen LogP contribution in [0.5, 0.6) is 11.5 Å². The molecule has 0 saturated carbocycles. The van der Waals surface area contributed by atoms with E-state index >= 15 is 0 Å². The van der Waals surface area contributed by atoms with E-state index in [2.05, 4.69) is 4.74 Å². The summed E-state index contributed by atoms with van der Waals surface area (Å²) in [7, 11) is 1.54. The molecule has 0 aromatic heterocycles. The van der Waals surface area contributed by atoms with Crippen LogP contribution in [-0.2, 0) is 20.9 Å². The predicted molar refractivity (Wildman–Crippen MR) is 96.3 cm³/mol. The van der Waals surface area contributed by atoms with E-state index in [9.17, 15) is 18.4 Å². The lowest BCUT2D eigenvalue weighted by Crippen LogP contribution is -2.26. The van der Waals surface area contributed by atoms with Crippen molar-refractivity contribution in [3.8, 4) is 11.5 Å². The summed E-state index contributed by atoms with van der Waals surface area (Å²) < 4.78 is 39.0. The molecule has 0 N–H and O–H groups in total. The van der Waals surface area contributed by atoms with Crippen LogP contribution in [0.25, 0.3) is 0 Å². The zero-order valence-electron chi connectivity index (χ0n) is 15.1. The summed E-state index contributed by atoms with van der Waals surface area (Å²) in [6.07, 6.45) is 0.0667. The molecule has 148 valence electrons. The number of esters is 1. The first-order valence-corrected chi connectivity index (χ1v) is 8.61. The normalized spacial score (nSPS) is 16.4. The number of ether oxygens (including phenoxy) is 3. The zero-order chi connectivity index (χ0) is 20.1. The first kappa shape index (κ1) is 19.6. The molecule has 6 nitrogen and oxygen atoms in total. The SMILES string of the molecule is COc1cccc(N2CC(C(=O)OCc3ccc(OC(F)F)cc3)CC2=O)c1. The van der Waals surface area contributed by atoms with Crippen molar-refractivity contribution in [2.24, 2.45) is 5.92 Å². The molecule has 0 radical (unpaired) electrons. The maximum atomic E-state index is 12.3. The van der Waals surface area contributed by atoms with Gasteiger partial charge in [0.15, 0.2) is 0 Å². The molecule has 3 rings (SSSR count). The Bertz CT molecular complexity index is 841. The molecule has 1 aliphatic rings. The maximum absolute atomic E-state index is 12.3. The zero-order valence-corrected chi connectivity index (χ0v) is 15.1. The van der Waals surface area contributed by atoms with Crippen molar-refractivity contribution in [1.82, 2.24) is 0 Å². The molecule has 0 aliphatic carbocycles. The second-order valence-electron chi connectivity index (χ2n) is 6.24. The number of carbonyl (C=O) groups is 2. The summed E-state index contributed by atoms with van der Waals surface area (Å²) in [4.78, 5) is 26.2. The number of halogens is 2. The number of methoxy groups -OCH3 is 1. The van der Waals surface area contributed by atoms with Crippen LogP contribution < -0.4 is 14.4 Å². The number of nitrogens with zero attached hydrogens (tertiary/aromatic N) is 1. The summed E-state index contributed by atoms with van der Waals surface area (Å²) in [5.74, 6) is -0.563. The third kappa shape index (κ3) is 4.76. The van der Waals surface area contributed by atoms with Gasteiger partial charge in [0, 0.05) is 24.7 Å². The molecule has 8 heteroatoms. The number of amides is 1. The minimum absolute atomic E-state index is 0.0162. The van der Waals surface area contributed by atoms with E-state index in [0.717, 1.165) is 0 Å². The Morgan fingerprint density at radius 3 is 2.61 bits per heavy atom. The van der Waals surface area contributed by atoms with Crippen molar-refractivity contribution in [3.63, 3.8) is 0 Å². The molecule has 0 bridgehead atoms. The molecular weight excluding hydrogens is 372 g/mol. The summed E-state index contributed by atoms with van der Waals surface area (Å²) in [5.41, 5.74) is 1.29. The molecule has 2 aromatic carbocycles. The maximum Gasteiger partial charge on any atom is 0.387 e. The molecule has 1 aliphatic heterocycles. The van der Waals surface area contributed by atoms with Crippen LogP contribution >= 0.6 is 0 Å². The van der Waals surface area contributed by atoms with Crippen molar-refractivity contribution >= 4 is 17.6 Å². The van der Waals surface area contributed by atoms with Crippen LogP contribution in [0, 0.1) is 5.92 Å². The number of carbonyl (C=O) groups excluding carboxylic acids is 2. The number of rotatable bonds is 7. The number of alkyl halides is 2. The van der Waals surface area contributed by atoms with Gasteiger partial charge in [0.2, 0.25) is 5.91 Å². The lowest BCUT2D eigenvalue weighted by Gasteiger charge is -2.17. The van der Waals surface area contributed by atoms with Gasteiger partial charge in [-0.3, -0.25) is 9.59 Å². The fraction of sp³-hybridized carbons (Fsp3) is 0.300. The number of benzene rings is 2. The fourth-order valence-electron chi connectivity index (χ4n) is 2.93. The fourth-order valence-corrected chi connectivity index (χ4v) is 2.93. The van der Waals surface area contributed by atoms with Crippen LogP contribution in [0.15, 0.2) is 48.5 Å². The van der Waals surface area contributed by atoms with Crippen LogP contribution in [0.3, 0.4) is 0 Å². The first-order chi connectivity index (χ1) is 13.5. The molecule has 1 atom stereocenters. The second kappa shape index (κ2) is 8.69. The molecular formula is C20H19F2NO5. The van der Waals surface area contributed by atoms with Gasteiger partial charge in [-0.2, -0.15) is 8.78 Å². The Morgan fingerprint density at radius 1 is 1.18 bits per heavy atom. The Labute approximate surface area is 160 Å². The van der Waals surface area contributed by atoms with Gasteiger partial charge in [0.25, 0.3) is 0 Å². The highest BCUT2D eigenvalue weighted by molar-refractivity contribution is 5.99. The Kier molecular flexibility index (Phi) is 6.08. The quantitative estimate of drug-likeness (QED) is 0.677. The second-order valence-corrected chi connectivity index (χ2v) is 6.24. The lowest BCUT2D eigenvalue weighted by atomic mass is 10.1. The highest BCUT2D eigenvalue weighted by Gasteiger charge is 2.36. The van der Waals surface area contributed by atoms with E-state index in [1.54, 1.807) is 24.3 Å². The van der Waals surface area contributed by atoms with Crippen LogP contribution in [0.1, 0.15) is 12.0 Å². The molecule has 2 aromatic rings. The number of hydrogen-bond donors (Lipinski definition) is 0. The summed E-state index contributed by atoms with van der Waals surface area (Å²) in [5, 5.41) is 0. The minimum Gasteiger partial charge on any atom is -0.497 e. The van der Waals surface area contributed by atoms with Gasteiger partial charge in [-0.15, -0.1) is 0 Å². The standard InChI is InChI=1S/C20H19F2NO5/c1-26-17-4-2-3-15(10-17)23-11-14(9-18(23)24)19(25)27-12-13-5-7-16(8-6-13)28-20(21)22/h2-8,10,14,20H,9,11-12H2,1H3. The molecule has 1 saturated heterocycles. The minimum atomic E-state index is -2.89. The summed E-state index contributed by atoms with van der Waals surface area (Å²) >= 11 is 0. The lowest BCUT2D eigenvalue weighted by molar-refractivity contribution is -0.149. The number of hydrogen-bond acceptors (Lipinski definition) is 5. The van der Waals surface area contributed by atoms with E-state index in [1.165, 1.54) is 36.3 Å². The molecule has 1 amide bonds. The average Bonchev–Trinajstić information content (AvgIpc) is 3.08. The van der Waals surface area contributed by atoms with E-state index in [-0.39, 0.29) is 31.2 Å². The van der Waals surface area contributed by atoms with Crippen molar-refractivity contribution in [2.45, 2.75) is 19.6 Å². The highest BCUT2D eigenvalue weighted by Crippen LogP contribution is 2.28. The van der Waals surface area contributed by atoms with E-state index in [1.807, 2.05) is 0 Å². The van der Waals surface area contributed by atoms with Gasteiger partial charge in [-0.25, -0.2) is 0 Å². The largest absolute Gasteiger partial charge is 0.497 e. The van der Waals surface area contributed by atoms with Crippen molar-refractivity contribution in [2.75, 3.05) is 18.6 Å². The molecule has 0 spiro atoms. The summed E-state index contributed by atoms with van der Waals surface area (Å²) in [6.45, 7) is -2.68. The number of anilines is 1. The van der Waals surface area contributed by atoms with Crippen LogP contribution in [0.2, 0.25) is 0 Å². The monoisotopic (exact) mass is 391 g/mol.